The van der Waals surface area contributed by atoms with Crippen LogP contribution in [0.5, 0.6) is 0 Å². The second-order valence-electron chi connectivity index (χ2n) is 5.69. The third-order valence-electron chi connectivity index (χ3n) is 3.95. The largest absolute Gasteiger partial charge is 0.361 e. The van der Waals surface area contributed by atoms with E-state index >= 15 is 0 Å². The van der Waals surface area contributed by atoms with Crippen molar-refractivity contribution in [2.24, 2.45) is 0 Å². The van der Waals surface area contributed by atoms with Crippen molar-refractivity contribution >= 4 is 21.0 Å². The van der Waals surface area contributed by atoms with E-state index in [1.54, 1.807) is 24.4 Å². The number of hydrogen-bond donors (Lipinski definition) is 1. The van der Waals surface area contributed by atoms with Gasteiger partial charge < -0.3 is 4.98 Å². The third-order valence-corrected chi connectivity index (χ3v) is 5.28. The van der Waals surface area contributed by atoms with Crippen molar-refractivity contribution in [1.29, 1.82) is 0 Å². The Balaban J connectivity index is 1.96. The molecule has 3 aromatic rings. The van der Waals surface area contributed by atoms with Gasteiger partial charge in [0.1, 0.15) is 11.9 Å². The van der Waals surface area contributed by atoms with Crippen LogP contribution in [-0.4, -0.2) is 13.4 Å². The highest BCUT2D eigenvalue weighted by Crippen LogP contribution is 2.32. The molecule has 4 nitrogen and oxygen atoms in total. The standard InChI is InChI=1S/C18H18FNO3S/c1-3-18(16-11-20-17-9-6-13(19)10-15(16)17)23-24(21,22)14-7-4-12(2)5-8-14/h4-11,18,20H,3H2,1-2H3. The molecule has 1 unspecified atom stereocenters. The summed E-state index contributed by atoms with van der Waals surface area (Å²) in [5.41, 5.74) is 2.33. The molecule has 3 rings (SSSR count). The van der Waals surface area contributed by atoms with Crippen molar-refractivity contribution in [3.63, 3.8) is 0 Å². The Hall–Kier alpha value is -2.18. The number of H-pyrrole nitrogens is 1. The fourth-order valence-electron chi connectivity index (χ4n) is 2.63. The summed E-state index contributed by atoms with van der Waals surface area (Å²) in [5, 5.41) is 0.626. The van der Waals surface area contributed by atoms with Crippen LogP contribution in [-0.2, 0) is 14.3 Å². The maximum Gasteiger partial charge on any atom is 0.297 e. The molecule has 0 saturated carbocycles. The topological polar surface area (TPSA) is 59.2 Å². The number of rotatable bonds is 5. The smallest absolute Gasteiger partial charge is 0.297 e. The van der Waals surface area contributed by atoms with Gasteiger partial charge in [0, 0.05) is 22.7 Å². The van der Waals surface area contributed by atoms with E-state index in [1.165, 1.54) is 24.3 Å². The second kappa shape index (κ2) is 6.37. The number of hydrogen-bond acceptors (Lipinski definition) is 3. The first-order valence-corrected chi connectivity index (χ1v) is 9.08. The van der Waals surface area contributed by atoms with Gasteiger partial charge in [-0.05, 0) is 43.7 Å². The van der Waals surface area contributed by atoms with Gasteiger partial charge in [0.25, 0.3) is 10.1 Å². The molecule has 24 heavy (non-hydrogen) atoms. The van der Waals surface area contributed by atoms with Crippen molar-refractivity contribution in [2.45, 2.75) is 31.3 Å². The van der Waals surface area contributed by atoms with Crippen molar-refractivity contribution in [1.82, 2.24) is 4.98 Å². The molecule has 0 aliphatic heterocycles. The summed E-state index contributed by atoms with van der Waals surface area (Å²) >= 11 is 0. The molecule has 6 heteroatoms. The fourth-order valence-corrected chi connectivity index (χ4v) is 3.76. The average Bonchev–Trinajstić information content (AvgIpc) is 2.96. The zero-order valence-electron chi connectivity index (χ0n) is 13.4. The fraction of sp³-hybridized carbons (Fsp3) is 0.222. The molecular formula is C18H18FNO3S. The molecule has 1 heterocycles. The summed E-state index contributed by atoms with van der Waals surface area (Å²) in [5.74, 6) is -0.375. The third kappa shape index (κ3) is 3.20. The SMILES string of the molecule is CCC(OS(=O)(=O)c1ccc(C)cc1)c1c[nH]c2ccc(F)cc12. The van der Waals surface area contributed by atoms with E-state index in [4.69, 9.17) is 4.18 Å². The van der Waals surface area contributed by atoms with Gasteiger partial charge in [0.2, 0.25) is 0 Å². The lowest BCUT2D eigenvalue weighted by atomic mass is 10.1. The molecule has 0 radical (unpaired) electrons. The molecule has 0 fully saturated rings. The van der Waals surface area contributed by atoms with Crippen LogP contribution in [0.1, 0.15) is 30.6 Å². The van der Waals surface area contributed by atoms with Gasteiger partial charge in [0.15, 0.2) is 0 Å². The first-order valence-electron chi connectivity index (χ1n) is 7.67. The lowest BCUT2D eigenvalue weighted by molar-refractivity contribution is 0.210. The van der Waals surface area contributed by atoms with Crippen LogP contribution in [0.15, 0.2) is 53.6 Å². The minimum atomic E-state index is -3.90. The van der Waals surface area contributed by atoms with Gasteiger partial charge >= 0.3 is 0 Å². The average molecular weight is 347 g/mol. The van der Waals surface area contributed by atoms with Crippen LogP contribution in [0.2, 0.25) is 0 Å². The van der Waals surface area contributed by atoms with Crippen LogP contribution >= 0.6 is 0 Å². The van der Waals surface area contributed by atoms with Gasteiger partial charge in [-0.1, -0.05) is 24.6 Å². The van der Waals surface area contributed by atoms with Crippen LogP contribution in [0.3, 0.4) is 0 Å². The summed E-state index contributed by atoms with van der Waals surface area (Å²) in [6.07, 6.45) is 1.42. The van der Waals surface area contributed by atoms with E-state index in [9.17, 15) is 12.8 Å². The summed E-state index contributed by atoms with van der Waals surface area (Å²) in [6, 6.07) is 10.8. The summed E-state index contributed by atoms with van der Waals surface area (Å²) in [4.78, 5) is 3.13. The van der Waals surface area contributed by atoms with Gasteiger partial charge in [-0.25, -0.2) is 4.39 Å². The highest BCUT2D eigenvalue weighted by atomic mass is 32.2. The summed E-state index contributed by atoms with van der Waals surface area (Å²) in [6.45, 7) is 3.71. The van der Waals surface area contributed by atoms with Crippen LogP contribution in [0.4, 0.5) is 4.39 Å². The Morgan fingerprint density at radius 3 is 2.54 bits per heavy atom. The first kappa shape index (κ1) is 16.7. The molecule has 0 amide bonds. The predicted octanol–water partition coefficient (Wildman–Crippen LogP) is 4.47. The number of fused-ring (bicyclic) bond motifs is 1. The number of nitrogens with one attached hydrogen (secondary N) is 1. The highest BCUT2D eigenvalue weighted by Gasteiger charge is 2.24. The maximum absolute atomic E-state index is 13.5. The van der Waals surface area contributed by atoms with E-state index < -0.39 is 16.2 Å². The molecule has 1 aromatic heterocycles. The number of aryl methyl sites for hydroxylation is 1. The number of benzene rings is 2. The normalized spacial score (nSPS) is 13.3. The molecule has 1 atom stereocenters. The molecule has 0 spiro atoms. The second-order valence-corrected chi connectivity index (χ2v) is 7.27. The van der Waals surface area contributed by atoms with Gasteiger partial charge in [-0.3, -0.25) is 4.18 Å². The molecule has 126 valence electrons. The van der Waals surface area contributed by atoms with Crippen LogP contribution in [0, 0.1) is 12.7 Å². The highest BCUT2D eigenvalue weighted by molar-refractivity contribution is 7.86. The Morgan fingerprint density at radius 1 is 1.17 bits per heavy atom. The van der Waals surface area contributed by atoms with Gasteiger partial charge in [-0.2, -0.15) is 8.42 Å². The molecule has 0 aliphatic carbocycles. The molecule has 0 bridgehead atoms. The Labute approximate surface area is 140 Å². The molecule has 0 aliphatic rings. The lowest BCUT2D eigenvalue weighted by Gasteiger charge is -2.15. The van der Waals surface area contributed by atoms with Crippen LogP contribution in [0.25, 0.3) is 10.9 Å². The summed E-state index contributed by atoms with van der Waals surface area (Å²) < 4.78 is 44.0. The zero-order chi connectivity index (χ0) is 17.3. The van der Waals surface area contributed by atoms with E-state index in [2.05, 4.69) is 4.98 Å². The number of aromatic amines is 1. The molecule has 2 aromatic carbocycles. The Morgan fingerprint density at radius 2 is 1.88 bits per heavy atom. The maximum atomic E-state index is 13.5. The first-order chi connectivity index (χ1) is 11.4. The minimum absolute atomic E-state index is 0.109. The van der Waals surface area contributed by atoms with Gasteiger partial charge in [0.05, 0.1) is 4.90 Å². The van der Waals surface area contributed by atoms with Crippen molar-refractivity contribution in [3.8, 4) is 0 Å². The molecular weight excluding hydrogens is 329 g/mol. The number of halogens is 1. The van der Waals surface area contributed by atoms with E-state index in [1.807, 2.05) is 13.8 Å². The van der Waals surface area contributed by atoms with Crippen molar-refractivity contribution in [3.05, 3.63) is 65.6 Å². The monoisotopic (exact) mass is 347 g/mol. The van der Waals surface area contributed by atoms with Crippen molar-refractivity contribution < 1.29 is 17.0 Å². The van der Waals surface area contributed by atoms with Crippen LogP contribution < -0.4 is 0 Å². The lowest BCUT2D eigenvalue weighted by Crippen LogP contribution is -2.11. The van der Waals surface area contributed by atoms with E-state index in [0.717, 1.165) is 11.1 Å². The zero-order valence-corrected chi connectivity index (χ0v) is 14.2. The minimum Gasteiger partial charge on any atom is -0.361 e. The summed E-state index contributed by atoms with van der Waals surface area (Å²) in [7, 11) is -3.90. The molecule has 0 saturated heterocycles. The quantitative estimate of drug-likeness (QED) is 0.693. The van der Waals surface area contributed by atoms with Gasteiger partial charge in [-0.15, -0.1) is 0 Å². The Kier molecular flexibility index (Phi) is 4.43. The Bertz CT molecular complexity index is 962. The number of aromatic nitrogens is 1. The van der Waals surface area contributed by atoms with E-state index in [0.29, 0.717) is 17.4 Å². The van der Waals surface area contributed by atoms with Crippen molar-refractivity contribution in [2.75, 3.05) is 0 Å². The molecule has 1 N–H and O–H groups in total. The van der Waals surface area contributed by atoms with E-state index in [-0.39, 0.29) is 10.7 Å². The predicted molar refractivity (Wildman–Crippen MR) is 90.7 cm³/mol.